The number of rotatable bonds is 5. The summed E-state index contributed by atoms with van der Waals surface area (Å²) in [6.45, 7) is 4.47. The first-order valence-corrected chi connectivity index (χ1v) is 5.95. The van der Waals surface area contributed by atoms with Gasteiger partial charge in [-0.3, -0.25) is 0 Å². The van der Waals surface area contributed by atoms with Crippen molar-refractivity contribution >= 4 is 23.2 Å². The van der Waals surface area contributed by atoms with Crippen LogP contribution < -0.4 is 5.32 Å². The molecule has 0 unspecified atom stereocenters. The van der Waals surface area contributed by atoms with Crippen LogP contribution in [0.4, 0.5) is 0 Å². The predicted octanol–water partition coefficient (Wildman–Crippen LogP) is 2.35. The van der Waals surface area contributed by atoms with Crippen molar-refractivity contribution in [2.45, 2.75) is 13.5 Å². The molecule has 0 bridgehead atoms. The van der Waals surface area contributed by atoms with Gasteiger partial charge in [0.15, 0.2) is 0 Å². The summed E-state index contributed by atoms with van der Waals surface area (Å²) in [7, 11) is 3.96. The maximum atomic E-state index is 6.15. The number of hydrogen-bond donors (Lipinski definition) is 1. The molecule has 5 heteroatoms. The quantitative estimate of drug-likeness (QED) is 0.825. The van der Waals surface area contributed by atoms with Crippen LogP contribution in [-0.4, -0.2) is 37.1 Å². The lowest BCUT2D eigenvalue weighted by Crippen LogP contribution is -2.27. The molecule has 16 heavy (non-hydrogen) atoms. The second kappa shape index (κ2) is 6.40. The summed E-state index contributed by atoms with van der Waals surface area (Å²) in [5.74, 6) is 0. The average Bonchev–Trinajstić information content (AvgIpc) is 2.20. The van der Waals surface area contributed by atoms with E-state index in [1.807, 2.05) is 27.1 Å². The molecule has 1 N–H and O–H groups in total. The van der Waals surface area contributed by atoms with Crippen LogP contribution >= 0.6 is 23.2 Å². The second-order valence-electron chi connectivity index (χ2n) is 3.86. The molecule has 1 heterocycles. The molecule has 0 radical (unpaired) electrons. The molecule has 0 amide bonds. The van der Waals surface area contributed by atoms with Crippen molar-refractivity contribution in [3.05, 3.63) is 27.5 Å². The topological polar surface area (TPSA) is 28.2 Å². The van der Waals surface area contributed by atoms with Gasteiger partial charge in [0.25, 0.3) is 0 Å². The third-order valence-corrected chi connectivity index (χ3v) is 2.97. The minimum absolute atomic E-state index is 0.501. The van der Waals surface area contributed by atoms with Crippen molar-refractivity contribution in [1.82, 2.24) is 15.2 Å². The van der Waals surface area contributed by atoms with Crippen molar-refractivity contribution in [2.24, 2.45) is 0 Å². The number of aryl methyl sites for hydroxylation is 1. The average molecular weight is 262 g/mol. The van der Waals surface area contributed by atoms with Crippen LogP contribution in [0.1, 0.15) is 11.3 Å². The molecule has 0 aromatic carbocycles. The van der Waals surface area contributed by atoms with Crippen LogP contribution in [0.2, 0.25) is 10.2 Å². The fraction of sp³-hybridized carbons (Fsp3) is 0.545. The number of aromatic nitrogens is 1. The second-order valence-corrected chi connectivity index (χ2v) is 4.62. The van der Waals surface area contributed by atoms with Crippen molar-refractivity contribution < 1.29 is 0 Å². The molecule has 0 saturated heterocycles. The van der Waals surface area contributed by atoms with Crippen molar-refractivity contribution in [2.75, 3.05) is 27.2 Å². The van der Waals surface area contributed by atoms with Crippen LogP contribution in [0.5, 0.6) is 0 Å². The zero-order valence-electron chi connectivity index (χ0n) is 9.85. The molecule has 0 aliphatic rings. The van der Waals surface area contributed by atoms with Gasteiger partial charge in [-0.05, 0) is 27.1 Å². The first-order valence-electron chi connectivity index (χ1n) is 5.19. The van der Waals surface area contributed by atoms with E-state index >= 15 is 0 Å². The lowest BCUT2D eigenvalue weighted by Gasteiger charge is -2.18. The van der Waals surface area contributed by atoms with E-state index in [4.69, 9.17) is 23.2 Å². The minimum Gasteiger partial charge on any atom is -0.318 e. The van der Waals surface area contributed by atoms with E-state index in [9.17, 15) is 0 Å². The van der Waals surface area contributed by atoms with E-state index < -0.39 is 0 Å². The smallest absolute Gasteiger partial charge is 0.135 e. The van der Waals surface area contributed by atoms with E-state index in [0.717, 1.165) is 24.3 Å². The SMILES string of the molecule is CNCCN(C)Cc1c(Cl)cc(C)nc1Cl. The van der Waals surface area contributed by atoms with Crippen LogP contribution in [0.3, 0.4) is 0 Å². The first-order chi connectivity index (χ1) is 7.54. The third-order valence-electron chi connectivity index (χ3n) is 2.32. The van der Waals surface area contributed by atoms with Gasteiger partial charge < -0.3 is 10.2 Å². The maximum absolute atomic E-state index is 6.15. The predicted molar refractivity (Wildman–Crippen MR) is 69.3 cm³/mol. The van der Waals surface area contributed by atoms with Gasteiger partial charge in [-0.2, -0.15) is 0 Å². The van der Waals surface area contributed by atoms with Gasteiger partial charge in [0.05, 0.1) is 0 Å². The van der Waals surface area contributed by atoms with E-state index in [1.165, 1.54) is 0 Å². The Morgan fingerprint density at radius 3 is 2.69 bits per heavy atom. The fourth-order valence-electron chi connectivity index (χ4n) is 1.42. The highest BCUT2D eigenvalue weighted by atomic mass is 35.5. The van der Waals surface area contributed by atoms with Gasteiger partial charge in [-0.25, -0.2) is 4.98 Å². The molecule has 0 spiro atoms. The molecule has 0 aliphatic heterocycles. The molecule has 0 saturated carbocycles. The highest BCUT2D eigenvalue weighted by Gasteiger charge is 2.10. The Hall–Kier alpha value is -0.350. The lowest BCUT2D eigenvalue weighted by atomic mass is 10.2. The van der Waals surface area contributed by atoms with Crippen LogP contribution in [0.25, 0.3) is 0 Å². The minimum atomic E-state index is 0.501. The molecular weight excluding hydrogens is 245 g/mol. The Bertz CT molecular complexity index is 332. The summed E-state index contributed by atoms with van der Waals surface area (Å²) < 4.78 is 0. The number of likely N-dealkylation sites (N-methyl/N-ethyl adjacent to an activating group) is 2. The normalized spacial score (nSPS) is 11.1. The number of nitrogens with zero attached hydrogens (tertiary/aromatic N) is 2. The molecule has 1 rings (SSSR count). The molecule has 1 aromatic heterocycles. The summed E-state index contributed by atoms with van der Waals surface area (Å²) in [4.78, 5) is 6.36. The molecule has 0 atom stereocenters. The highest BCUT2D eigenvalue weighted by Crippen LogP contribution is 2.24. The molecule has 0 fully saturated rings. The van der Waals surface area contributed by atoms with Gasteiger partial charge in [-0.1, -0.05) is 23.2 Å². The molecule has 0 aliphatic carbocycles. The van der Waals surface area contributed by atoms with Gasteiger partial charge >= 0.3 is 0 Å². The number of hydrogen-bond acceptors (Lipinski definition) is 3. The van der Waals surface area contributed by atoms with Crippen LogP contribution in [-0.2, 0) is 6.54 Å². The zero-order valence-corrected chi connectivity index (χ0v) is 11.4. The summed E-state index contributed by atoms with van der Waals surface area (Å²) in [5, 5.41) is 4.29. The van der Waals surface area contributed by atoms with Crippen molar-refractivity contribution in [1.29, 1.82) is 0 Å². The molecule has 90 valence electrons. The Morgan fingerprint density at radius 2 is 2.12 bits per heavy atom. The number of pyridine rings is 1. The zero-order chi connectivity index (χ0) is 12.1. The van der Waals surface area contributed by atoms with Gasteiger partial charge in [-0.15, -0.1) is 0 Å². The summed E-state index contributed by atoms with van der Waals surface area (Å²) in [5.41, 5.74) is 1.74. The molecule has 3 nitrogen and oxygen atoms in total. The summed E-state index contributed by atoms with van der Waals surface area (Å²) in [6.07, 6.45) is 0. The van der Waals surface area contributed by atoms with E-state index in [0.29, 0.717) is 16.7 Å². The van der Waals surface area contributed by atoms with Crippen molar-refractivity contribution in [3.8, 4) is 0 Å². The Balaban J connectivity index is 2.73. The largest absolute Gasteiger partial charge is 0.318 e. The number of halogens is 2. The van der Waals surface area contributed by atoms with Crippen molar-refractivity contribution in [3.63, 3.8) is 0 Å². The number of nitrogens with one attached hydrogen (secondary N) is 1. The van der Waals surface area contributed by atoms with E-state index in [1.54, 1.807) is 0 Å². The van der Waals surface area contributed by atoms with E-state index in [2.05, 4.69) is 15.2 Å². The summed E-state index contributed by atoms with van der Waals surface area (Å²) >= 11 is 12.2. The Labute approximate surface area is 107 Å². The monoisotopic (exact) mass is 261 g/mol. The molecule has 1 aromatic rings. The first kappa shape index (κ1) is 13.7. The Kier molecular flexibility index (Phi) is 5.49. The lowest BCUT2D eigenvalue weighted by molar-refractivity contribution is 0.328. The molecular formula is C11H17Cl2N3. The maximum Gasteiger partial charge on any atom is 0.135 e. The van der Waals surface area contributed by atoms with Gasteiger partial charge in [0, 0.05) is 35.9 Å². The Morgan fingerprint density at radius 1 is 1.44 bits per heavy atom. The fourth-order valence-corrected chi connectivity index (χ4v) is 2.07. The van der Waals surface area contributed by atoms with Gasteiger partial charge in [0.1, 0.15) is 5.15 Å². The third kappa shape index (κ3) is 3.91. The van der Waals surface area contributed by atoms with E-state index in [-0.39, 0.29) is 0 Å². The van der Waals surface area contributed by atoms with Gasteiger partial charge in [0.2, 0.25) is 0 Å². The standard InChI is InChI=1S/C11H17Cl2N3/c1-8-6-10(12)9(11(13)15-8)7-16(3)5-4-14-2/h6,14H,4-5,7H2,1-3H3. The highest BCUT2D eigenvalue weighted by molar-refractivity contribution is 6.35. The summed E-state index contributed by atoms with van der Waals surface area (Å²) in [6, 6.07) is 1.84. The van der Waals surface area contributed by atoms with Crippen LogP contribution in [0, 0.1) is 6.92 Å². The van der Waals surface area contributed by atoms with Crippen LogP contribution in [0.15, 0.2) is 6.07 Å².